The number of thiazole rings is 1. The number of nitrogens with one attached hydrogen (secondary N) is 1. The van der Waals surface area contributed by atoms with Crippen LogP contribution in [-0.2, 0) is 9.53 Å². The monoisotopic (exact) mass is 348 g/mol. The lowest BCUT2D eigenvalue weighted by molar-refractivity contribution is -0.128. The van der Waals surface area contributed by atoms with Crippen molar-refractivity contribution in [3.05, 3.63) is 40.7 Å². The highest BCUT2D eigenvalue weighted by Crippen LogP contribution is 2.33. The Hall–Kier alpha value is -1.79. The highest BCUT2D eigenvalue weighted by Gasteiger charge is 2.24. The Bertz CT molecular complexity index is 726. The van der Waals surface area contributed by atoms with Crippen molar-refractivity contribution >= 4 is 17.2 Å². The lowest BCUT2D eigenvalue weighted by atomic mass is 9.99. The van der Waals surface area contributed by atoms with Gasteiger partial charge in [-0.3, -0.25) is 4.79 Å². The van der Waals surface area contributed by atoms with Gasteiger partial charge in [-0.2, -0.15) is 0 Å². The molecule has 1 fully saturated rings. The summed E-state index contributed by atoms with van der Waals surface area (Å²) in [7, 11) is 0. The van der Waals surface area contributed by atoms with Gasteiger partial charge in [-0.25, -0.2) is 9.37 Å². The highest BCUT2D eigenvalue weighted by atomic mass is 32.1. The highest BCUT2D eigenvalue weighted by molar-refractivity contribution is 7.15. The van der Waals surface area contributed by atoms with Crippen LogP contribution in [0.25, 0.3) is 10.6 Å². The fourth-order valence-electron chi connectivity index (χ4n) is 2.92. The van der Waals surface area contributed by atoms with Crippen molar-refractivity contribution in [2.24, 2.45) is 5.92 Å². The maximum Gasteiger partial charge on any atom is 0.223 e. The number of amides is 1. The standard InChI is InChI=1S/C18H21FN2O2S/c1-11(20-17(22)13-7-9-23-10-8-13)16-12(2)21-18(24-16)14-5-3-4-6-15(14)19/h3-6,11,13H,7-10H2,1-2H3,(H,20,22). The van der Waals surface area contributed by atoms with Crippen molar-refractivity contribution in [3.63, 3.8) is 0 Å². The van der Waals surface area contributed by atoms with E-state index in [2.05, 4.69) is 10.3 Å². The molecule has 2 aromatic rings. The van der Waals surface area contributed by atoms with E-state index < -0.39 is 0 Å². The minimum atomic E-state index is -0.281. The van der Waals surface area contributed by atoms with Crippen molar-refractivity contribution in [2.75, 3.05) is 13.2 Å². The molecule has 1 N–H and O–H groups in total. The lowest BCUT2D eigenvalue weighted by Gasteiger charge is -2.23. The van der Waals surface area contributed by atoms with Gasteiger partial charge in [0.2, 0.25) is 5.91 Å². The fraction of sp³-hybridized carbons (Fsp3) is 0.444. The molecule has 0 bridgehead atoms. The number of carbonyl (C=O) groups is 1. The molecular formula is C18H21FN2O2S. The minimum absolute atomic E-state index is 0.0143. The molecule has 0 saturated carbocycles. The first-order valence-electron chi connectivity index (χ1n) is 8.16. The van der Waals surface area contributed by atoms with Gasteiger partial charge >= 0.3 is 0 Å². The van der Waals surface area contributed by atoms with Gasteiger partial charge in [0.15, 0.2) is 0 Å². The van der Waals surface area contributed by atoms with Crippen LogP contribution in [-0.4, -0.2) is 24.1 Å². The molecule has 0 aliphatic carbocycles. The molecule has 1 saturated heterocycles. The Kier molecular flexibility index (Phi) is 5.26. The van der Waals surface area contributed by atoms with Crippen molar-refractivity contribution < 1.29 is 13.9 Å². The van der Waals surface area contributed by atoms with Crippen LogP contribution in [0.4, 0.5) is 4.39 Å². The number of aromatic nitrogens is 1. The SMILES string of the molecule is Cc1nc(-c2ccccc2F)sc1C(C)NC(=O)C1CCOCC1. The zero-order valence-corrected chi connectivity index (χ0v) is 14.7. The van der Waals surface area contributed by atoms with Crippen LogP contribution in [0.3, 0.4) is 0 Å². The Labute approximate surface area is 145 Å². The molecule has 1 atom stereocenters. The van der Waals surface area contributed by atoms with Crippen LogP contribution < -0.4 is 5.32 Å². The van der Waals surface area contributed by atoms with Crippen molar-refractivity contribution in [2.45, 2.75) is 32.7 Å². The summed E-state index contributed by atoms with van der Waals surface area (Å²) in [5, 5.41) is 3.71. The van der Waals surface area contributed by atoms with Crippen LogP contribution in [0.2, 0.25) is 0 Å². The topological polar surface area (TPSA) is 51.2 Å². The third kappa shape index (κ3) is 3.65. The molecule has 3 rings (SSSR count). The first-order chi connectivity index (χ1) is 11.6. The zero-order valence-electron chi connectivity index (χ0n) is 13.8. The van der Waals surface area contributed by atoms with Gasteiger partial charge in [-0.1, -0.05) is 12.1 Å². The van der Waals surface area contributed by atoms with Crippen LogP contribution >= 0.6 is 11.3 Å². The van der Waals surface area contributed by atoms with E-state index in [9.17, 15) is 9.18 Å². The Balaban J connectivity index is 1.74. The summed E-state index contributed by atoms with van der Waals surface area (Å²) in [5.41, 5.74) is 1.33. The van der Waals surface area contributed by atoms with E-state index in [0.29, 0.717) is 23.8 Å². The van der Waals surface area contributed by atoms with Gasteiger partial charge < -0.3 is 10.1 Å². The summed E-state index contributed by atoms with van der Waals surface area (Å²) in [6.45, 7) is 5.13. The smallest absolute Gasteiger partial charge is 0.223 e. The van der Waals surface area contributed by atoms with Gasteiger partial charge in [0, 0.05) is 24.7 Å². The fourth-order valence-corrected chi connectivity index (χ4v) is 4.01. The number of aryl methyl sites for hydroxylation is 1. The summed E-state index contributed by atoms with van der Waals surface area (Å²) in [6.07, 6.45) is 1.53. The number of ether oxygens (including phenoxy) is 1. The summed E-state index contributed by atoms with van der Waals surface area (Å²) in [5.74, 6) is -0.205. The molecule has 1 aromatic heterocycles. The molecule has 24 heavy (non-hydrogen) atoms. The molecule has 1 aliphatic heterocycles. The third-order valence-corrected chi connectivity index (χ3v) is 5.65. The maximum atomic E-state index is 14.0. The van der Waals surface area contributed by atoms with E-state index >= 15 is 0 Å². The quantitative estimate of drug-likeness (QED) is 0.913. The number of carbonyl (C=O) groups excluding carboxylic acids is 1. The number of benzene rings is 1. The molecule has 4 nitrogen and oxygen atoms in total. The van der Waals surface area contributed by atoms with Crippen LogP contribution in [0.15, 0.2) is 24.3 Å². The second kappa shape index (κ2) is 7.40. The number of rotatable bonds is 4. The molecule has 1 aliphatic rings. The third-order valence-electron chi connectivity index (χ3n) is 4.28. The van der Waals surface area contributed by atoms with E-state index in [0.717, 1.165) is 23.4 Å². The van der Waals surface area contributed by atoms with Crippen LogP contribution in [0.1, 0.15) is 36.4 Å². The van der Waals surface area contributed by atoms with E-state index in [1.54, 1.807) is 18.2 Å². The molecule has 0 radical (unpaired) electrons. The first kappa shape index (κ1) is 17.0. The maximum absolute atomic E-state index is 14.0. The summed E-state index contributed by atoms with van der Waals surface area (Å²) in [4.78, 5) is 17.8. The predicted molar refractivity (Wildman–Crippen MR) is 92.3 cm³/mol. The van der Waals surface area contributed by atoms with Gasteiger partial charge in [0.25, 0.3) is 0 Å². The molecule has 2 heterocycles. The van der Waals surface area contributed by atoms with Gasteiger partial charge in [0.05, 0.1) is 16.6 Å². The average Bonchev–Trinajstić information content (AvgIpc) is 2.97. The number of hydrogen-bond acceptors (Lipinski definition) is 4. The zero-order chi connectivity index (χ0) is 17.1. The number of hydrogen-bond donors (Lipinski definition) is 1. The molecule has 0 spiro atoms. The Morgan fingerprint density at radius 2 is 2.08 bits per heavy atom. The lowest BCUT2D eigenvalue weighted by Crippen LogP contribution is -2.35. The van der Waals surface area contributed by atoms with Crippen LogP contribution in [0.5, 0.6) is 0 Å². The minimum Gasteiger partial charge on any atom is -0.381 e. The van der Waals surface area contributed by atoms with Gasteiger partial charge in [-0.05, 0) is 38.8 Å². The molecule has 1 aromatic carbocycles. The largest absolute Gasteiger partial charge is 0.381 e. The summed E-state index contributed by atoms with van der Waals surface area (Å²) >= 11 is 1.43. The molecular weight excluding hydrogens is 327 g/mol. The normalized spacial score (nSPS) is 16.8. The van der Waals surface area contributed by atoms with E-state index in [-0.39, 0.29) is 23.7 Å². The predicted octanol–water partition coefficient (Wildman–Crippen LogP) is 3.86. The first-order valence-corrected chi connectivity index (χ1v) is 8.98. The van der Waals surface area contributed by atoms with E-state index in [1.165, 1.54) is 17.4 Å². The van der Waals surface area contributed by atoms with Crippen molar-refractivity contribution in [1.29, 1.82) is 0 Å². The summed E-state index contributed by atoms with van der Waals surface area (Å²) < 4.78 is 19.3. The second-order valence-corrected chi connectivity index (χ2v) is 7.10. The van der Waals surface area contributed by atoms with Crippen molar-refractivity contribution in [1.82, 2.24) is 10.3 Å². The van der Waals surface area contributed by atoms with Gasteiger partial charge in [-0.15, -0.1) is 11.3 Å². The molecule has 1 amide bonds. The second-order valence-electron chi connectivity index (χ2n) is 6.07. The van der Waals surface area contributed by atoms with Crippen LogP contribution in [0, 0.1) is 18.7 Å². The Morgan fingerprint density at radius 1 is 1.38 bits per heavy atom. The molecule has 1 unspecified atom stereocenters. The summed E-state index contributed by atoms with van der Waals surface area (Å²) in [6, 6.07) is 6.48. The Morgan fingerprint density at radius 3 is 2.79 bits per heavy atom. The number of halogens is 1. The van der Waals surface area contributed by atoms with E-state index in [4.69, 9.17) is 4.74 Å². The van der Waals surface area contributed by atoms with Crippen molar-refractivity contribution in [3.8, 4) is 10.6 Å². The molecule has 128 valence electrons. The van der Waals surface area contributed by atoms with E-state index in [1.807, 2.05) is 13.8 Å². The molecule has 6 heteroatoms. The average molecular weight is 348 g/mol. The number of nitrogens with zero attached hydrogens (tertiary/aromatic N) is 1. The van der Waals surface area contributed by atoms with Gasteiger partial charge in [0.1, 0.15) is 10.8 Å².